The van der Waals surface area contributed by atoms with Crippen LogP contribution in [0.5, 0.6) is 0 Å². The smallest absolute Gasteiger partial charge is 0.329 e. The van der Waals surface area contributed by atoms with E-state index in [-0.39, 0.29) is 23.6 Å². The van der Waals surface area contributed by atoms with E-state index in [0.717, 1.165) is 24.1 Å². The summed E-state index contributed by atoms with van der Waals surface area (Å²) in [4.78, 5) is 23.0. The first-order valence-electron chi connectivity index (χ1n) is 8.59. The zero-order valence-corrected chi connectivity index (χ0v) is 14.6. The van der Waals surface area contributed by atoms with Crippen molar-refractivity contribution in [2.45, 2.75) is 31.8 Å². The molecule has 0 spiro atoms. The monoisotopic (exact) mass is 366 g/mol. The van der Waals surface area contributed by atoms with Gasteiger partial charge in [0.15, 0.2) is 0 Å². The van der Waals surface area contributed by atoms with Crippen molar-refractivity contribution < 1.29 is 4.92 Å². The Labute approximate surface area is 154 Å². The summed E-state index contributed by atoms with van der Waals surface area (Å²) in [5.74, 6) is 0.602. The molecule has 10 heteroatoms. The van der Waals surface area contributed by atoms with Crippen molar-refractivity contribution in [1.82, 2.24) is 24.7 Å². The van der Waals surface area contributed by atoms with Crippen LogP contribution in [-0.4, -0.2) is 35.7 Å². The maximum atomic E-state index is 11.2. The third kappa shape index (κ3) is 3.84. The number of nitrogens with one attached hydrogen (secondary N) is 2. The van der Waals surface area contributed by atoms with Crippen LogP contribution in [0.1, 0.15) is 31.4 Å². The van der Waals surface area contributed by atoms with Crippen LogP contribution in [0.15, 0.2) is 43.1 Å². The van der Waals surface area contributed by atoms with Crippen LogP contribution >= 0.6 is 0 Å². The lowest BCUT2D eigenvalue weighted by Crippen LogP contribution is -2.13. The second-order valence-corrected chi connectivity index (χ2v) is 6.40. The van der Waals surface area contributed by atoms with Crippen molar-refractivity contribution in [3.05, 3.63) is 58.8 Å². The lowest BCUT2D eigenvalue weighted by molar-refractivity contribution is -0.384. The summed E-state index contributed by atoms with van der Waals surface area (Å²) in [6.07, 6.45) is 6.35. The maximum Gasteiger partial charge on any atom is 0.329 e. The Kier molecular flexibility index (Phi) is 4.37. The predicted molar refractivity (Wildman–Crippen MR) is 98.7 cm³/mol. The van der Waals surface area contributed by atoms with Gasteiger partial charge in [0.05, 0.1) is 16.7 Å². The number of hydrogen-bond acceptors (Lipinski definition) is 8. The van der Waals surface area contributed by atoms with Gasteiger partial charge < -0.3 is 10.6 Å². The molecule has 10 nitrogen and oxygen atoms in total. The first-order valence-corrected chi connectivity index (χ1v) is 8.59. The second kappa shape index (κ2) is 6.98. The molecule has 4 rings (SSSR count). The van der Waals surface area contributed by atoms with E-state index in [1.54, 1.807) is 11.0 Å². The molecule has 2 aromatic heterocycles. The maximum absolute atomic E-state index is 11.2. The van der Waals surface area contributed by atoms with Gasteiger partial charge >= 0.3 is 5.69 Å². The summed E-state index contributed by atoms with van der Waals surface area (Å²) >= 11 is 0. The minimum atomic E-state index is -0.471. The number of hydrogen-bond donors (Lipinski definition) is 2. The van der Waals surface area contributed by atoms with Crippen LogP contribution in [0.3, 0.4) is 0 Å². The highest BCUT2D eigenvalue weighted by atomic mass is 16.6. The van der Waals surface area contributed by atoms with E-state index in [9.17, 15) is 10.1 Å². The van der Waals surface area contributed by atoms with Crippen molar-refractivity contribution in [3.63, 3.8) is 0 Å². The molecule has 2 heterocycles. The summed E-state index contributed by atoms with van der Waals surface area (Å²) in [6, 6.07) is 8.02. The Bertz CT molecular complexity index is 938. The molecule has 0 saturated heterocycles. The van der Waals surface area contributed by atoms with Crippen molar-refractivity contribution >= 4 is 17.5 Å². The fourth-order valence-corrected chi connectivity index (χ4v) is 2.64. The Hall–Kier alpha value is -3.56. The topological polar surface area (TPSA) is 124 Å². The largest absolute Gasteiger partial charge is 0.361 e. The van der Waals surface area contributed by atoms with Crippen LogP contribution in [-0.2, 0) is 0 Å². The van der Waals surface area contributed by atoms with Crippen LogP contribution in [0.4, 0.5) is 17.5 Å². The van der Waals surface area contributed by atoms with Crippen molar-refractivity contribution in [3.8, 4) is 5.69 Å². The third-order valence-electron chi connectivity index (χ3n) is 4.31. The first-order chi connectivity index (χ1) is 13.1. The Balaban J connectivity index is 1.50. The number of benzene rings is 1. The SMILES string of the molecule is CC(Nc1ncc([N+](=O)[O-])c(NC2CC2)n1)c1ccc(-n2cncn2)cc1. The van der Waals surface area contributed by atoms with Gasteiger partial charge in [0.25, 0.3) is 0 Å². The normalized spacial score (nSPS) is 14.6. The predicted octanol–water partition coefficient (Wildman–Crippen LogP) is 2.71. The van der Waals surface area contributed by atoms with E-state index < -0.39 is 4.92 Å². The summed E-state index contributed by atoms with van der Waals surface area (Å²) < 4.78 is 1.68. The van der Waals surface area contributed by atoms with E-state index in [0.29, 0.717) is 5.95 Å². The number of nitro groups is 1. The summed E-state index contributed by atoms with van der Waals surface area (Å²) in [7, 11) is 0. The van der Waals surface area contributed by atoms with Gasteiger partial charge in [-0.1, -0.05) is 12.1 Å². The second-order valence-electron chi connectivity index (χ2n) is 6.40. The molecule has 1 atom stereocenters. The summed E-state index contributed by atoms with van der Waals surface area (Å²) in [6.45, 7) is 1.98. The average Bonchev–Trinajstić information content (AvgIpc) is 3.31. The molecule has 1 fully saturated rings. The first kappa shape index (κ1) is 16.9. The highest BCUT2D eigenvalue weighted by Gasteiger charge is 2.26. The van der Waals surface area contributed by atoms with E-state index in [1.807, 2.05) is 31.2 Å². The van der Waals surface area contributed by atoms with Crippen LogP contribution < -0.4 is 10.6 Å². The molecule has 0 amide bonds. The molecule has 1 aliphatic rings. The number of nitrogens with zero attached hydrogens (tertiary/aromatic N) is 6. The van der Waals surface area contributed by atoms with Gasteiger partial charge in [-0.25, -0.2) is 14.6 Å². The van der Waals surface area contributed by atoms with Crippen molar-refractivity contribution in [2.75, 3.05) is 10.6 Å². The molecule has 0 aliphatic heterocycles. The van der Waals surface area contributed by atoms with E-state index in [1.165, 1.54) is 12.5 Å². The molecule has 138 valence electrons. The highest BCUT2D eigenvalue weighted by molar-refractivity contribution is 5.58. The fraction of sp³-hybridized carbons (Fsp3) is 0.294. The molecule has 1 unspecified atom stereocenters. The Morgan fingerprint density at radius 1 is 1.30 bits per heavy atom. The van der Waals surface area contributed by atoms with E-state index >= 15 is 0 Å². The summed E-state index contributed by atoms with van der Waals surface area (Å²) in [5.41, 5.74) is 1.82. The highest BCUT2D eigenvalue weighted by Crippen LogP contribution is 2.30. The van der Waals surface area contributed by atoms with Crippen LogP contribution in [0, 0.1) is 10.1 Å². The number of aromatic nitrogens is 5. The van der Waals surface area contributed by atoms with Gasteiger partial charge in [-0.15, -0.1) is 0 Å². The van der Waals surface area contributed by atoms with Crippen LogP contribution in [0.2, 0.25) is 0 Å². The minimum Gasteiger partial charge on any atom is -0.361 e. The van der Waals surface area contributed by atoms with E-state index in [4.69, 9.17) is 0 Å². The number of rotatable bonds is 7. The molecular formula is C17H18N8O2. The van der Waals surface area contributed by atoms with Gasteiger partial charge in [0.2, 0.25) is 11.8 Å². The minimum absolute atomic E-state index is 0.0787. The fourth-order valence-electron chi connectivity index (χ4n) is 2.64. The zero-order valence-electron chi connectivity index (χ0n) is 14.6. The standard InChI is InChI=1S/C17H18N8O2/c1-11(12-2-6-14(7-3-12)24-10-18-9-20-24)21-17-19-8-15(25(26)27)16(23-17)22-13-4-5-13/h2-3,6-11,13H,4-5H2,1H3,(H2,19,21,22,23). The average molecular weight is 366 g/mol. The van der Waals surface area contributed by atoms with Gasteiger partial charge in [-0.05, 0) is 37.5 Å². The molecular weight excluding hydrogens is 348 g/mol. The van der Waals surface area contributed by atoms with Gasteiger partial charge in [-0.3, -0.25) is 10.1 Å². The molecule has 27 heavy (non-hydrogen) atoms. The molecule has 1 saturated carbocycles. The van der Waals surface area contributed by atoms with Gasteiger partial charge in [0, 0.05) is 6.04 Å². The lowest BCUT2D eigenvalue weighted by atomic mass is 10.1. The number of anilines is 2. The van der Waals surface area contributed by atoms with Crippen molar-refractivity contribution in [1.29, 1.82) is 0 Å². The Morgan fingerprint density at radius 2 is 2.07 bits per heavy atom. The van der Waals surface area contributed by atoms with Gasteiger partial charge in [0.1, 0.15) is 18.9 Å². The molecule has 1 aromatic carbocycles. The summed E-state index contributed by atoms with van der Waals surface area (Å²) in [5, 5.41) is 21.5. The lowest BCUT2D eigenvalue weighted by Gasteiger charge is -2.15. The Morgan fingerprint density at radius 3 is 2.70 bits per heavy atom. The molecule has 2 N–H and O–H groups in total. The molecule has 0 radical (unpaired) electrons. The molecule has 3 aromatic rings. The molecule has 1 aliphatic carbocycles. The van der Waals surface area contributed by atoms with Gasteiger partial charge in [-0.2, -0.15) is 10.1 Å². The van der Waals surface area contributed by atoms with Crippen LogP contribution in [0.25, 0.3) is 5.69 Å². The third-order valence-corrected chi connectivity index (χ3v) is 4.31. The van der Waals surface area contributed by atoms with E-state index in [2.05, 4.69) is 30.7 Å². The zero-order chi connectivity index (χ0) is 18.8. The quantitative estimate of drug-likeness (QED) is 0.483. The van der Waals surface area contributed by atoms with Crippen molar-refractivity contribution in [2.24, 2.45) is 0 Å². The molecule has 0 bridgehead atoms.